The molecular formula is C20H18N6O4. The Morgan fingerprint density at radius 1 is 0.967 bits per heavy atom. The van der Waals surface area contributed by atoms with Crippen LogP contribution >= 0.6 is 0 Å². The predicted octanol–water partition coefficient (Wildman–Crippen LogP) is 2.81. The zero-order valence-electron chi connectivity index (χ0n) is 16.1. The van der Waals surface area contributed by atoms with Gasteiger partial charge in [-0.15, -0.1) is 0 Å². The second-order valence-electron chi connectivity index (χ2n) is 6.20. The zero-order valence-corrected chi connectivity index (χ0v) is 16.1. The molecule has 0 saturated heterocycles. The lowest BCUT2D eigenvalue weighted by Gasteiger charge is -2.09. The Morgan fingerprint density at radius 3 is 2.50 bits per heavy atom. The van der Waals surface area contributed by atoms with E-state index in [0.717, 1.165) is 0 Å². The number of carbonyl (C=O) groups is 2. The summed E-state index contributed by atoms with van der Waals surface area (Å²) in [6.07, 6.45) is 3.14. The molecule has 4 aromatic rings. The molecule has 2 aromatic carbocycles. The topological polar surface area (TPSA) is 134 Å². The first-order chi connectivity index (χ1) is 14.6. The normalized spacial score (nSPS) is 10.6. The molecule has 2 aromatic heterocycles. The number of ether oxygens (including phenoxy) is 2. The van der Waals surface area contributed by atoms with Crippen molar-refractivity contribution in [1.29, 1.82) is 0 Å². The van der Waals surface area contributed by atoms with Gasteiger partial charge >= 0.3 is 0 Å². The van der Waals surface area contributed by atoms with E-state index in [4.69, 9.17) is 9.47 Å². The number of nitrogens with zero attached hydrogens (tertiary/aromatic N) is 2. The Balaban J connectivity index is 1.58. The highest BCUT2D eigenvalue weighted by atomic mass is 16.5. The van der Waals surface area contributed by atoms with Crippen molar-refractivity contribution in [2.24, 2.45) is 0 Å². The van der Waals surface area contributed by atoms with Crippen molar-refractivity contribution in [1.82, 2.24) is 19.9 Å². The van der Waals surface area contributed by atoms with Crippen LogP contribution < -0.4 is 20.1 Å². The molecule has 2 heterocycles. The van der Waals surface area contributed by atoms with Crippen LogP contribution in [0.25, 0.3) is 11.0 Å². The Bertz CT molecular complexity index is 1220. The molecule has 30 heavy (non-hydrogen) atoms. The first-order valence-corrected chi connectivity index (χ1v) is 8.92. The number of hydrogen-bond acceptors (Lipinski definition) is 6. The van der Waals surface area contributed by atoms with Gasteiger partial charge in [0.05, 0.1) is 30.8 Å². The summed E-state index contributed by atoms with van der Waals surface area (Å²) >= 11 is 0. The maximum atomic E-state index is 12.6. The average molecular weight is 406 g/mol. The molecule has 0 aliphatic carbocycles. The summed E-state index contributed by atoms with van der Waals surface area (Å²) in [5.41, 5.74) is 1.75. The highest BCUT2D eigenvalue weighted by Gasteiger charge is 2.16. The van der Waals surface area contributed by atoms with Crippen molar-refractivity contribution in [3.05, 3.63) is 59.9 Å². The summed E-state index contributed by atoms with van der Waals surface area (Å²) in [6, 6.07) is 9.92. The SMILES string of the molecule is COc1ccc(C(=O)Nc2nc3cccc(C(=O)Nc4ncc[nH]4)c3[nH]2)cc1OC. The quantitative estimate of drug-likeness (QED) is 0.389. The number of benzene rings is 2. The molecular weight excluding hydrogens is 388 g/mol. The molecule has 0 radical (unpaired) electrons. The van der Waals surface area contributed by atoms with Gasteiger partial charge in [0.2, 0.25) is 11.9 Å². The van der Waals surface area contributed by atoms with Gasteiger partial charge in [-0.2, -0.15) is 0 Å². The number of carbonyl (C=O) groups excluding carboxylic acids is 2. The number of H-pyrrole nitrogens is 2. The molecule has 4 rings (SSSR count). The minimum atomic E-state index is -0.392. The van der Waals surface area contributed by atoms with Crippen LogP contribution in [0.5, 0.6) is 11.5 Å². The molecule has 152 valence electrons. The van der Waals surface area contributed by atoms with Crippen molar-refractivity contribution in [3.8, 4) is 11.5 Å². The van der Waals surface area contributed by atoms with Gasteiger partial charge in [0.25, 0.3) is 11.8 Å². The standard InChI is InChI=1S/C20H18N6O4/c1-29-14-7-6-11(10-15(14)30-2)17(27)25-20-23-13-5-3-4-12(16(13)24-20)18(28)26-19-21-8-9-22-19/h3-10H,1-2H3,(H2,21,22,26,28)(H2,23,24,25,27). The fourth-order valence-electron chi connectivity index (χ4n) is 2.95. The van der Waals surface area contributed by atoms with Crippen molar-refractivity contribution in [3.63, 3.8) is 0 Å². The van der Waals surface area contributed by atoms with Gasteiger partial charge in [0, 0.05) is 18.0 Å². The van der Waals surface area contributed by atoms with Crippen LogP contribution in [0, 0.1) is 0 Å². The lowest BCUT2D eigenvalue weighted by Crippen LogP contribution is -2.14. The number of anilines is 2. The summed E-state index contributed by atoms with van der Waals surface area (Å²) in [4.78, 5) is 39.3. The summed E-state index contributed by atoms with van der Waals surface area (Å²) in [7, 11) is 3.01. The second kappa shape index (κ2) is 7.95. The van der Waals surface area contributed by atoms with Gasteiger partial charge < -0.3 is 19.4 Å². The maximum Gasteiger partial charge on any atom is 0.260 e. The number of hydrogen-bond donors (Lipinski definition) is 4. The molecule has 10 heteroatoms. The summed E-state index contributed by atoms with van der Waals surface area (Å²) < 4.78 is 10.4. The Morgan fingerprint density at radius 2 is 1.77 bits per heavy atom. The van der Waals surface area contributed by atoms with Crippen LogP contribution in [0.4, 0.5) is 11.9 Å². The molecule has 0 aliphatic rings. The van der Waals surface area contributed by atoms with E-state index in [9.17, 15) is 9.59 Å². The van der Waals surface area contributed by atoms with E-state index >= 15 is 0 Å². The van der Waals surface area contributed by atoms with Gasteiger partial charge in [0.15, 0.2) is 11.5 Å². The van der Waals surface area contributed by atoms with E-state index in [1.165, 1.54) is 20.4 Å². The summed E-state index contributed by atoms with van der Waals surface area (Å²) in [5.74, 6) is 0.742. The molecule has 10 nitrogen and oxygen atoms in total. The molecule has 0 aliphatic heterocycles. The van der Waals surface area contributed by atoms with Crippen LogP contribution in [0.3, 0.4) is 0 Å². The number of nitrogens with one attached hydrogen (secondary N) is 4. The predicted molar refractivity (Wildman–Crippen MR) is 110 cm³/mol. The highest BCUT2D eigenvalue weighted by molar-refractivity contribution is 6.11. The van der Waals surface area contributed by atoms with Crippen molar-refractivity contribution < 1.29 is 19.1 Å². The third kappa shape index (κ3) is 3.65. The molecule has 4 N–H and O–H groups in total. The average Bonchev–Trinajstić information content (AvgIpc) is 3.41. The van der Waals surface area contributed by atoms with Gasteiger partial charge in [-0.3, -0.25) is 20.2 Å². The number of para-hydroxylation sites is 1. The number of imidazole rings is 2. The fourth-order valence-corrected chi connectivity index (χ4v) is 2.95. The van der Waals surface area contributed by atoms with E-state index in [2.05, 4.69) is 30.6 Å². The van der Waals surface area contributed by atoms with E-state index in [1.807, 2.05) is 0 Å². The smallest absolute Gasteiger partial charge is 0.260 e. The van der Waals surface area contributed by atoms with Gasteiger partial charge in [0.1, 0.15) is 0 Å². The molecule has 0 saturated carbocycles. The first kappa shape index (κ1) is 19.0. The molecule has 0 fully saturated rings. The lowest BCUT2D eigenvalue weighted by molar-refractivity contribution is 0.101. The third-order valence-corrected chi connectivity index (χ3v) is 4.37. The van der Waals surface area contributed by atoms with Crippen LogP contribution in [-0.2, 0) is 0 Å². The van der Waals surface area contributed by atoms with Crippen molar-refractivity contribution >= 4 is 34.7 Å². The first-order valence-electron chi connectivity index (χ1n) is 8.92. The molecule has 0 spiro atoms. The van der Waals surface area contributed by atoms with Gasteiger partial charge in [-0.05, 0) is 30.3 Å². The number of aromatic amines is 2. The maximum absolute atomic E-state index is 12.6. The second-order valence-corrected chi connectivity index (χ2v) is 6.20. The number of amides is 2. The number of aromatic nitrogens is 4. The van der Waals surface area contributed by atoms with E-state index in [1.54, 1.807) is 42.6 Å². The van der Waals surface area contributed by atoms with E-state index in [-0.39, 0.29) is 11.9 Å². The van der Waals surface area contributed by atoms with Gasteiger partial charge in [-0.25, -0.2) is 9.97 Å². The van der Waals surface area contributed by atoms with Crippen molar-refractivity contribution in [2.75, 3.05) is 24.9 Å². The monoisotopic (exact) mass is 406 g/mol. The summed E-state index contributed by atoms with van der Waals surface area (Å²) in [6.45, 7) is 0. The molecule has 0 atom stereocenters. The van der Waals surface area contributed by atoms with Crippen LogP contribution in [0.15, 0.2) is 48.8 Å². The van der Waals surface area contributed by atoms with E-state index in [0.29, 0.717) is 39.6 Å². The Labute approximate surface area is 170 Å². The summed E-state index contributed by atoms with van der Waals surface area (Å²) in [5, 5.41) is 5.36. The van der Waals surface area contributed by atoms with Crippen LogP contribution in [0.1, 0.15) is 20.7 Å². The van der Waals surface area contributed by atoms with Gasteiger partial charge in [-0.1, -0.05) is 6.07 Å². The van der Waals surface area contributed by atoms with E-state index < -0.39 is 5.91 Å². The molecule has 2 amide bonds. The number of methoxy groups -OCH3 is 2. The molecule has 0 bridgehead atoms. The fraction of sp³-hybridized carbons (Fsp3) is 0.100. The minimum Gasteiger partial charge on any atom is -0.493 e. The van der Waals surface area contributed by atoms with Crippen molar-refractivity contribution in [2.45, 2.75) is 0 Å². The Kier molecular flexibility index (Phi) is 5.04. The zero-order chi connectivity index (χ0) is 21.1. The van der Waals surface area contributed by atoms with Crippen LogP contribution in [0.2, 0.25) is 0 Å². The lowest BCUT2D eigenvalue weighted by atomic mass is 10.2. The molecule has 0 unspecified atom stereocenters. The highest BCUT2D eigenvalue weighted by Crippen LogP contribution is 2.28. The largest absolute Gasteiger partial charge is 0.493 e. The third-order valence-electron chi connectivity index (χ3n) is 4.37. The van der Waals surface area contributed by atoms with Crippen LogP contribution in [-0.4, -0.2) is 46.0 Å². The Hall–Kier alpha value is -4.34. The number of fused-ring (bicyclic) bond motifs is 1. The minimum absolute atomic E-state index is 0.211. The number of rotatable bonds is 6.